The minimum Gasteiger partial charge on any atom is -0.324 e. The third-order valence-corrected chi connectivity index (χ3v) is 4.84. The zero-order chi connectivity index (χ0) is 18.8. The smallest absolute Gasteiger partial charge is 0.244 e. The fourth-order valence-electron chi connectivity index (χ4n) is 2.87. The van der Waals surface area contributed by atoms with Crippen LogP contribution in [0.2, 0.25) is 10.0 Å². The van der Waals surface area contributed by atoms with Gasteiger partial charge in [0.2, 0.25) is 5.91 Å². The molecule has 4 aromatic rings. The maximum absolute atomic E-state index is 12.7. The topological polar surface area (TPSA) is 59.8 Å². The molecular weight excluding hydrogens is 383 g/mol. The summed E-state index contributed by atoms with van der Waals surface area (Å²) in [6.07, 6.45) is 3.41. The van der Waals surface area contributed by atoms with Gasteiger partial charge in [-0.2, -0.15) is 0 Å². The molecule has 2 heterocycles. The van der Waals surface area contributed by atoms with Gasteiger partial charge in [-0.15, -0.1) is 0 Å². The van der Waals surface area contributed by atoms with Crippen LogP contribution in [0.25, 0.3) is 22.4 Å². The lowest BCUT2D eigenvalue weighted by molar-refractivity contribution is -0.116. The van der Waals surface area contributed by atoms with Crippen molar-refractivity contribution in [1.82, 2.24) is 14.5 Å². The number of nitrogens with one attached hydrogen (secondary N) is 1. The van der Waals surface area contributed by atoms with E-state index in [0.29, 0.717) is 21.6 Å². The van der Waals surface area contributed by atoms with Crippen LogP contribution in [-0.2, 0) is 11.3 Å². The van der Waals surface area contributed by atoms with E-state index in [0.717, 1.165) is 16.6 Å². The lowest BCUT2D eigenvalue weighted by Gasteiger charge is -2.10. The van der Waals surface area contributed by atoms with Crippen molar-refractivity contribution in [2.75, 3.05) is 5.32 Å². The highest BCUT2D eigenvalue weighted by Crippen LogP contribution is 2.26. The third-order valence-electron chi connectivity index (χ3n) is 4.10. The molecule has 0 aliphatic heterocycles. The highest BCUT2D eigenvalue weighted by molar-refractivity contribution is 6.42. The van der Waals surface area contributed by atoms with Crippen molar-refractivity contribution < 1.29 is 4.79 Å². The number of carbonyl (C=O) groups is 1. The van der Waals surface area contributed by atoms with Gasteiger partial charge in [0.25, 0.3) is 0 Å². The first-order valence-electron chi connectivity index (χ1n) is 8.22. The number of anilines is 1. The number of aromatic nitrogens is 3. The molecule has 4 rings (SSSR count). The number of pyridine rings is 1. The summed E-state index contributed by atoms with van der Waals surface area (Å²) in [6.45, 7) is 0.110. The number of halogens is 2. The molecule has 0 bridgehead atoms. The zero-order valence-corrected chi connectivity index (χ0v) is 15.6. The first-order chi connectivity index (χ1) is 13.1. The molecule has 2 aromatic heterocycles. The van der Waals surface area contributed by atoms with Crippen molar-refractivity contribution in [1.29, 1.82) is 0 Å². The second kappa shape index (κ2) is 7.39. The van der Waals surface area contributed by atoms with Crippen molar-refractivity contribution in [3.8, 4) is 11.4 Å². The van der Waals surface area contributed by atoms with Crippen LogP contribution in [0.4, 0.5) is 5.69 Å². The molecular formula is C20H14Cl2N4O. The Morgan fingerprint density at radius 3 is 2.56 bits per heavy atom. The van der Waals surface area contributed by atoms with Crippen molar-refractivity contribution in [2.24, 2.45) is 0 Å². The molecule has 2 aromatic carbocycles. The second-order valence-corrected chi connectivity index (χ2v) is 6.74. The number of rotatable bonds is 4. The van der Waals surface area contributed by atoms with E-state index in [4.69, 9.17) is 23.2 Å². The van der Waals surface area contributed by atoms with Gasteiger partial charge in [0.05, 0.1) is 21.1 Å². The second-order valence-electron chi connectivity index (χ2n) is 5.92. The van der Waals surface area contributed by atoms with Gasteiger partial charge in [-0.25, -0.2) is 4.98 Å². The van der Waals surface area contributed by atoms with E-state index in [2.05, 4.69) is 15.3 Å². The van der Waals surface area contributed by atoms with E-state index < -0.39 is 0 Å². The molecule has 0 atom stereocenters. The minimum absolute atomic E-state index is 0.110. The quantitative estimate of drug-likeness (QED) is 0.525. The average Bonchev–Trinajstić information content (AvgIpc) is 3.04. The number of hydrogen-bond donors (Lipinski definition) is 1. The van der Waals surface area contributed by atoms with Gasteiger partial charge in [-0.3, -0.25) is 9.78 Å². The standard InChI is InChI=1S/C20H14Cl2N4O/c21-15-6-5-14(11-16(15)22)24-19(27)12-26-18-4-2-1-3-17(18)25-20(26)13-7-9-23-10-8-13/h1-11H,12H2,(H,24,27). The highest BCUT2D eigenvalue weighted by atomic mass is 35.5. The van der Waals surface area contributed by atoms with Gasteiger partial charge < -0.3 is 9.88 Å². The summed E-state index contributed by atoms with van der Waals surface area (Å²) in [6, 6.07) is 16.4. The Kier molecular flexibility index (Phi) is 4.79. The number of amides is 1. The summed E-state index contributed by atoms with van der Waals surface area (Å²) in [5, 5.41) is 3.68. The molecule has 0 radical (unpaired) electrons. The van der Waals surface area contributed by atoms with Gasteiger partial charge in [-0.05, 0) is 42.5 Å². The Labute approximate surface area is 165 Å². The molecule has 134 valence electrons. The van der Waals surface area contributed by atoms with Crippen LogP contribution in [-0.4, -0.2) is 20.4 Å². The number of fused-ring (bicyclic) bond motifs is 1. The van der Waals surface area contributed by atoms with Crippen LogP contribution in [0.1, 0.15) is 0 Å². The summed E-state index contributed by atoms with van der Waals surface area (Å²) >= 11 is 11.9. The SMILES string of the molecule is O=C(Cn1c(-c2ccncc2)nc2ccccc21)Nc1ccc(Cl)c(Cl)c1. The molecule has 0 saturated heterocycles. The Hall–Kier alpha value is -2.89. The number of para-hydroxylation sites is 2. The molecule has 0 spiro atoms. The Bertz CT molecular complexity index is 1130. The lowest BCUT2D eigenvalue weighted by Crippen LogP contribution is -2.19. The van der Waals surface area contributed by atoms with E-state index in [1.807, 2.05) is 41.0 Å². The normalized spacial score (nSPS) is 10.9. The maximum Gasteiger partial charge on any atom is 0.244 e. The molecule has 0 fully saturated rings. The van der Waals surface area contributed by atoms with Gasteiger partial charge in [0.1, 0.15) is 12.4 Å². The monoisotopic (exact) mass is 396 g/mol. The molecule has 0 aliphatic carbocycles. The predicted octanol–water partition coefficient (Wildman–Crippen LogP) is 5.04. The van der Waals surface area contributed by atoms with Crippen molar-refractivity contribution in [3.63, 3.8) is 0 Å². The molecule has 0 saturated carbocycles. The largest absolute Gasteiger partial charge is 0.324 e. The first-order valence-corrected chi connectivity index (χ1v) is 8.98. The van der Waals surface area contributed by atoms with Crippen LogP contribution >= 0.6 is 23.2 Å². The van der Waals surface area contributed by atoms with Crippen LogP contribution < -0.4 is 5.32 Å². The fraction of sp³-hybridized carbons (Fsp3) is 0.0500. The first kappa shape index (κ1) is 17.5. The zero-order valence-electron chi connectivity index (χ0n) is 14.1. The number of nitrogens with zero attached hydrogens (tertiary/aromatic N) is 3. The van der Waals surface area contributed by atoms with Crippen LogP contribution in [0.3, 0.4) is 0 Å². The van der Waals surface area contributed by atoms with Crippen LogP contribution in [0.15, 0.2) is 67.0 Å². The minimum atomic E-state index is -0.188. The molecule has 0 unspecified atom stereocenters. The molecule has 27 heavy (non-hydrogen) atoms. The maximum atomic E-state index is 12.7. The lowest BCUT2D eigenvalue weighted by atomic mass is 10.2. The fourth-order valence-corrected chi connectivity index (χ4v) is 3.17. The number of hydrogen-bond acceptors (Lipinski definition) is 3. The summed E-state index contributed by atoms with van der Waals surface area (Å²) in [4.78, 5) is 21.4. The van der Waals surface area contributed by atoms with E-state index in [1.54, 1.807) is 30.6 Å². The molecule has 7 heteroatoms. The summed E-state index contributed by atoms with van der Waals surface area (Å²) in [5.41, 5.74) is 3.19. The summed E-state index contributed by atoms with van der Waals surface area (Å²) in [5.74, 6) is 0.523. The van der Waals surface area contributed by atoms with E-state index in [9.17, 15) is 4.79 Å². The van der Waals surface area contributed by atoms with E-state index >= 15 is 0 Å². The van der Waals surface area contributed by atoms with Crippen LogP contribution in [0, 0.1) is 0 Å². The van der Waals surface area contributed by atoms with E-state index in [1.165, 1.54) is 0 Å². The summed E-state index contributed by atoms with van der Waals surface area (Å²) < 4.78 is 1.89. The van der Waals surface area contributed by atoms with Crippen molar-refractivity contribution in [2.45, 2.75) is 6.54 Å². The third kappa shape index (κ3) is 3.65. The van der Waals surface area contributed by atoms with E-state index in [-0.39, 0.29) is 12.5 Å². The molecule has 5 nitrogen and oxygen atoms in total. The van der Waals surface area contributed by atoms with Gasteiger partial charge >= 0.3 is 0 Å². The molecule has 0 aliphatic rings. The van der Waals surface area contributed by atoms with Crippen molar-refractivity contribution in [3.05, 3.63) is 77.0 Å². The van der Waals surface area contributed by atoms with Gasteiger partial charge in [0, 0.05) is 23.6 Å². The molecule has 1 amide bonds. The Morgan fingerprint density at radius 1 is 1.00 bits per heavy atom. The van der Waals surface area contributed by atoms with Gasteiger partial charge in [0.15, 0.2) is 0 Å². The number of carbonyl (C=O) groups excluding carboxylic acids is 1. The highest BCUT2D eigenvalue weighted by Gasteiger charge is 2.15. The van der Waals surface area contributed by atoms with Crippen molar-refractivity contribution >= 4 is 45.8 Å². The predicted molar refractivity (Wildman–Crippen MR) is 108 cm³/mol. The summed E-state index contributed by atoms with van der Waals surface area (Å²) in [7, 11) is 0. The molecule has 1 N–H and O–H groups in total. The number of benzene rings is 2. The Morgan fingerprint density at radius 2 is 1.78 bits per heavy atom. The number of imidazole rings is 1. The Balaban J connectivity index is 1.68. The average molecular weight is 397 g/mol. The van der Waals surface area contributed by atoms with Gasteiger partial charge in [-0.1, -0.05) is 35.3 Å². The van der Waals surface area contributed by atoms with Crippen LogP contribution in [0.5, 0.6) is 0 Å².